The van der Waals surface area contributed by atoms with Crippen LogP contribution in [0, 0.1) is 0 Å². The number of carbonyl (C=O) groups is 5. The van der Waals surface area contributed by atoms with Crippen molar-refractivity contribution in [2.75, 3.05) is 12.0 Å². The second-order valence-corrected chi connectivity index (χ2v) is 7.03. The lowest BCUT2D eigenvalue weighted by Gasteiger charge is -2.34. The molecular formula is C15H27N5O8S. The van der Waals surface area contributed by atoms with Gasteiger partial charge >= 0.3 is 17.9 Å². The summed E-state index contributed by atoms with van der Waals surface area (Å²) in [5.41, 5.74) is 15.3. The van der Waals surface area contributed by atoms with E-state index in [1.54, 1.807) is 6.26 Å². The van der Waals surface area contributed by atoms with Crippen molar-refractivity contribution in [3.63, 3.8) is 0 Å². The van der Waals surface area contributed by atoms with E-state index in [4.69, 9.17) is 16.6 Å². The lowest BCUT2D eigenvalue weighted by molar-refractivity contribution is -0.149. The molecule has 29 heavy (non-hydrogen) atoms. The molecule has 0 radical (unpaired) electrons. The van der Waals surface area contributed by atoms with Crippen molar-refractivity contribution in [3.8, 4) is 0 Å². The number of aliphatic carboxylic acids is 3. The molecular weight excluding hydrogens is 410 g/mol. The van der Waals surface area contributed by atoms with E-state index in [-0.39, 0.29) is 25.7 Å². The fourth-order valence-electron chi connectivity index (χ4n) is 2.22. The average Bonchev–Trinajstić information content (AvgIpc) is 2.60. The minimum atomic E-state index is -1.42. The summed E-state index contributed by atoms with van der Waals surface area (Å²) in [6, 6.07) is -4.01. The zero-order chi connectivity index (χ0) is 22.6. The molecule has 0 fully saturated rings. The molecule has 0 aromatic carbocycles. The van der Waals surface area contributed by atoms with E-state index in [0.29, 0.717) is 5.75 Å². The Morgan fingerprint density at radius 2 is 1.41 bits per heavy atom. The summed E-state index contributed by atoms with van der Waals surface area (Å²) in [5, 5.41) is 28.4. The van der Waals surface area contributed by atoms with Gasteiger partial charge < -0.3 is 26.8 Å². The number of rotatable bonds is 17. The molecule has 0 spiro atoms. The van der Waals surface area contributed by atoms with Gasteiger partial charge in [0.2, 0.25) is 11.8 Å². The number of hydrazine groups is 2. The van der Waals surface area contributed by atoms with Crippen molar-refractivity contribution in [3.05, 3.63) is 0 Å². The Balaban J connectivity index is 5.68. The van der Waals surface area contributed by atoms with Gasteiger partial charge in [0.05, 0.1) is 0 Å². The maximum absolute atomic E-state index is 11.9. The largest absolute Gasteiger partial charge is 0.481 e. The Kier molecular flexibility index (Phi) is 12.6. The molecule has 0 aliphatic heterocycles. The zero-order valence-corrected chi connectivity index (χ0v) is 16.7. The Bertz CT molecular complexity index is 605. The van der Waals surface area contributed by atoms with Crippen LogP contribution in [0.4, 0.5) is 0 Å². The number of nitrogens with one attached hydrogen (secondary N) is 2. The highest BCUT2D eigenvalue weighted by Gasteiger charge is 2.32. The molecule has 0 aliphatic rings. The summed E-state index contributed by atoms with van der Waals surface area (Å²) in [5.74, 6) is -5.20. The molecule has 13 nitrogen and oxygen atoms in total. The molecule has 14 heteroatoms. The fraction of sp³-hybridized carbons (Fsp3) is 0.667. The number of hydrogen-bond acceptors (Lipinski definition) is 9. The maximum Gasteiger partial charge on any atom is 0.322 e. The van der Waals surface area contributed by atoms with Gasteiger partial charge in [0.1, 0.15) is 18.1 Å². The standard InChI is InChI=1S/C15H27N5O8S/c1-29-7-6-9(15(27)28)19-20(10(13(17)24)3-5-12(22)23)18-8(14(25)26)2-4-11(16)21/h8-10,18-19H,2-7H2,1H3,(H2,16,21)(H2,17,24)(H,22,23)(H,25,26)(H,27,28)/t8-,9-,10-/m0/s1. The summed E-state index contributed by atoms with van der Waals surface area (Å²) >= 11 is 1.38. The molecule has 9 N–H and O–H groups in total. The highest BCUT2D eigenvalue weighted by molar-refractivity contribution is 7.98. The third-order valence-electron chi connectivity index (χ3n) is 3.75. The van der Waals surface area contributed by atoms with E-state index < -0.39 is 54.3 Å². The van der Waals surface area contributed by atoms with Crippen LogP contribution in [-0.4, -0.2) is 80.3 Å². The van der Waals surface area contributed by atoms with Gasteiger partial charge in [-0.05, 0) is 31.3 Å². The summed E-state index contributed by atoms with van der Waals surface area (Å²) in [6.45, 7) is 0. The van der Waals surface area contributed by atoms with E-state index in [0.717, 1.165) is 5.12 Å². The van der Waals surface area contributed by atoms with Gasteiger partial charge in [-0.25, -0.2) is 10.9 Å². The Hall–Kier alpha value is -2.42. The van der Waals surface area contributed by atoms with E-state index in [1.165, 1.54) is 11.8 Å². The lowest BCUT2D eigenvalue weighted by Crippen LogP contribution is -2.65. The normalized spacial score (nSPS) is 14.1. The number of carboxylic acids is 3. The van der Waals surface area contributed by atoms with Crippen LogP contribution in [0.5, 0.6) is 0 Å². The molecule has 0 saturated carbocycles. The Morgan fingerprint density at radius 1 is 0.897 bits per heavy atom. The predicted molar refractivity (Wildman–Crippen MR) is 102 cm³/mol. The van der Waals surface area contributed by atoms with Crippen LogP contribution in [0.3, 0.4) is 0 Å². The van der Waals surface area contributed by atoms with Crippen molar-refractivity contribution >= 4 is 41.5 Å². The zero-order valence-electron chi connectivity index (χ0n) is 15.9. The molecule has 0 saturated heterocycles. The van der Waals surface area contributed by atoms with Crippen molar-refractivity contribution in [1.29, 1.82) is 0 Å². The topological polar surface area (TPSA) is 225 Å². The third kappa shape index (κ3) is 11.2. The highest BCUT2D eigenvalue weighted by atomic mass is 32.2. The Labute approximate surface area is 171 Å². The Morgan fingerprint density at radius 3 is 1.79 bits per heavy atom. The first-order valence-corrected chi connectivity index (χ1v) is 9.94. The summed E-state index contributed by atoms with van der Waals surface area (Å²) in [6.07, 6.45) is 0.548. The van der Waals surface area contributed by atoms with Gasteiger partial charge in [-0.1, -0.05) is 0 Å². The quantitative estimate of drug-likeness (QED) is 0.122. The van der Waals surface area contributed by atoms with Crippen molar-refractivity contribution < 1.29 is 39.3 Å². The van der Waals surface area contributed by atoms with Crippen LogP contribution >= 0.6 is 11.8 Å². The van der Waals surface area contributed by atoms with Crippen molar-refractivity contribution in [2.24, 2.45) is 11.5 Å². The molecule has 0 bridgehead atoms. The second-order valence-electron chi connectivity index (χ2n) is 6.05. The van der Waals surface area contributed by atoms with E-state index in [2.05, 4.69) is 10.9 Å². The molecule has 0 heterocycles. The molecule has 0 aromatic heterocycles. The van der Waals surface area contributed by atoms with Crippen LogP contribution in [0.1, 0.15) is 32.1 Å². The molecule has 3 atom stereocenters. The molecule has 0 unspecified atom stereocenters. The lowest BCUT2D eigenvalue weighted by atomic mass is 10.1. The van der Waals surface area contributed by atoms with Crippen LogP contribution < -0.4 is 22.3 Å². The number of thioether (sulfide) groups is 1. The number of primary amides is 2. The van der Waals surface area contributed by atoms with E-state index >= 15 is 0 Å². The van der Waals surface area contributed by atoms with E-state index in [9.17, 15) is 34.2 Å². The van der Waals surface area contributed by atoms with Gasteiger partial charge in [-0.3, -0.25) is 24.0 Å². The molecule has 0 rings (SSSR count). The minimum absolute atomic E-state index is 0.123. The number of carbonyl (C=O) groups excluding carboxylic acids is 2. The first-order valence-electron chi connectivity index (χ1n) is 8.55. The SMILES string of the molecule is CSCC[C@H](NN(N[C@@H](CCC(N)=O)C(=O)O)[C@@H](CCC(=O)O)C(N)=O)C(=O)O. The number of carboxylic acid groups (broad SMARTS) is 3. The van der Waals surface area contributed by atoms with Crippen LogP contribution in [0.2, 0.25) is 0 Å². The number of amides is 2. The van der Waals surface area contributed by atoms with Gasteiger partial charge in [0.25, 0.3) is 0 Å². The number of nitrogens with two attached hydrogens (primary N) is 2. The first kappa shape index (κ1) is 26.6. The second kappa shape index (κ2) is 13.7. The van der Waals surface area contributed by atoms with Crippen LogP contribution in [-0.2, 0) is 24.0 Å². The van der Waals surface area contributed by atoms with Gasteiger partial charge in [-0.2, -0.15) is 16.9 Å². The highest BCUT2D eigenvalue weighted by Crippen LogP contribution is 2.09. The fourth-order valence-corrected chi connectivity index (χ4v) is 2.69. The summed E-state index contributed by atoms with van der Waals surface area (Å²) in [7, 11) is 0. The predicted octanol–water partition coefficient (Wildman–Crippen LogP) is -2.06. The van der Waals surface area contributed by atoms with Crippen LogP contribution in [0.15, 0.2) is 0 Å². The van der Waals surface area contributed by atoms with Crippen molar-refractivity contribution in [2.45, 2.75) is 50.2 Å². The maximum atomic E-state index is 11.9. The average molecular weight is 437 g/mol. The van der Waals surface area contributed by atoms with Crippen LogP contribution in [0.25, 0.3) is 0 Å². The monoisotopic (exact) mass is 437 g/mol. The molecule has 2 amide bonds. The van der Waals surface area contributed by atoms with E-state index in [1.807, 2.05) is 0 Å². The summed E-state index contributed by atoms with van der Waals surface area (Å²) < 4.78 is 0. The van der Waals surface area contributed by atoms with Gasteiger partial charge in [-0.15, -0.1) is 0 Å². The van der Waals surface area contributed by atoms with Gasteiger partial charge in [0.15, 0.2) is 0 Å². The number of hydrogen-bond donors (Lipinski definition) is 7. The van der Waals surface area contributed by atoms with Gasteiger partial charge in [0, 0.05) is 12.8 Å². The number of nitrogens with zero attached hydrogens (tertiary/aromatic N) is 1. The molecule has 166 valence electrons. The molecule has 0 aliphatic carbocycles. The first-order chi connectivity index (χ1) is 13.5. The smallest absolute Gasteiger partial charge is 0.322 e. The summed E-state index contributed by atoms with van der Waals surface area (Å²) in [4.78, 5) is 56.7. The minimum Gasteiger partial charge on any atom is -0.481 e. The molecule has 0 aromatic rings. The van der Waals surface area contributed by atoms with Crippen molar-refractivity contribution in [1.82, 2.24) is 16.0 Å². The third-order valence-corrected chi connectivity index (χ3v) is 4.39.